The summed E-state index contributed by atoms with van der Waals surface area (Å²) in [5, 5.41) is 12.6. The van der Waals surface area contributed by atoms with E-state index >= 15 is 0 Å². The van der Waals surface area contributed by atoms with Crippen molar-refractivity contribution >= 4 is 11.8 Å². The first kappa shape index (κ1) is 16.5. The zero-order chi connectivity index (χ0) is 15.9. The largest absolute Gasteiger partial charge is 0.358 e. The van der Waals surface area contributed by atoms with Crippen molar-refractivity contribution in [3.05, 3.63) is 17.5 Å². The van der Waals surface area contributed by atoms with E-state index in [9.17, 15) is 9.59 Å². The number of rotatable bonds is 6. The highest BCUT2D eigenvalue weighted by molar-refractivity contribution is 5.92. The minimum Gasteiger partial charge on any atom is -0.358 e. The number of H-pyrrole nitrogens is 1. The molecule has 0 unspecified atom stereocenters. The SMILES string of the molecule is CCCc1cc(C(=O)NC2CCN(CC(=O)NC)CC2)n[nH]1. The Morgan fingerprint density at radius 3 is 2.77 bits per heavy atom. The van der Waals surface area contributed by atoms with E-state index in [4.69, 9.17) is 0 Å². The minimum absolute atomic E-state index is 0.0301. The number of aromatic amines is 1. The van der Waals surface area contributed by atoms with Crippen molar-refractivity contribution in [1.29, 1.82) is 0 Å². The standard InChI is InChI=1S/C15H25N5O2/c1-3-4-12-9-13(19-18-12)15(22)17-11-5-7-20(8-6-11)10-14(21)16-2/h9,11H,3-8,10H2,1-2H3,(H,16,21)(H,17,22)(H,18,19). The Morgan fingerprint density at radius 1 is 1.41 bits per heavy atom. The molecule has 1 aromatic rings. The van der Waals surface area contributed by atoms with Crippen molar-refractivity contribution in [1.82, 2.24) is 25.7 Å². The number of amides is 2. The van der Waals surface area contributed by atoms with Crippen molar-refractivity contribution in [2.45, 2.75) is 38.6 Å². The Bertz CT molecular complexity index is 506. The number of aromatic nitrogens is 2. The number of carbonyl (C=O) groups excluding carboxylic acids is 2. The van der Waals surface area contributed by atoms with Gasteiger partial charge in [-0.15, -0.1) is 0 Å². The number of carbonyl (C=O) groups is 2. The summed E-state index contributed by atoms with van der Waals surface area (Å²) in [5.41, 5.74) is 1.45. The zero-order valence-corrected chi connectivity index (χ0v) is 13.3. The first-order valence-electron chi connectivity index (χ1n) is 7.90. The molecule has 122 valence electrons. The number of hydrogen-bond donors (Lipinski definition) is 3. The lowest BCUT2D eigenvalue weighted by Gasteiger charge is -2.31. The van der Waals surface area contributed by atoms with E-state index in [1.807, 2.05) is 6.07 Å². The molecule has 1 fully saturated rings. The average Bonchev–Trinajstić information content (AvgIpc) is 2.98. The summed E-state index contributed by atoms with van der Waals surface area (Å²) >= 11 is 0. The summed E-state index contributed by atoms with van der Waals surface area (Å²) in [7, 11) is 1.64. The van der Waals surface area contributed by atoms with Crippen LogP contribution in [0.3, 0.4) is 0 Å². The molecule has 7 heteroatoms. The molecule has 1 aromatic heterocycles. The molecule has 22 heavy (non-hydrogen) atoms. The fraction of sp³-hybridized carbons (Fsp3) is 0.667. The van der Waals surface area contributed by atoms with Crippen LogP contribution in [0.4, 0.5) is 0 Å². The van der Waals surface area contributed by atoms with Gasteiger partial charge in [0.15, 0.2) is 0 Å². The van der Waals surface area contributed by atoms with E-state index in [1.165, 1.54) is 0 Å². The van der Waals surface area contributed by atoms with Crippen LogP contribution in [-0.2, 0) is 11.2 Å². The van der Waals surface area contributed by atoms with Crippen molar-refractivity contribution < 1.29 is 9.59 Å². The third-order valence-corrected chi connectivity index (χ3v) is 3.95. The van der Waals surface area contributed by atoms with Crippen molar-refractivity contribution in [2.75, 3.05) is 26.7 Å². The molecule has 1 aliphatic rings. The molecule has 1 saturated heterocycles. The van der Waals surface area contributed by atoms with Crippen LogP contribution >= 0.6 is 0 Å². The molecule has 2 heterocycles. The van der Waals surface area contributed by atoms with Gasteiger partial charge >= 0.3 is 0 Å². The van der Waals surface area contributed by atoms with Crippen LogP contribution in [0.1, 0.15) is 42.4 Å². The summed E-state index contributed by atoms with van der Waals surface area (Å²) < 4.78 is 0. The van der Waals surface area contributed by atoms with Gasteiger partial charge in [-0.2, -0.15) is 5.10 Å². The second kappa shape index (κ2) is 7.93. The molecule has 0 aliphatic carbocycles. The van der Waals surface area contributed by atoms with Crippen LogP contribution in [0.2, 0.25) is 0 Å². The molecule has 0 saturated carbocycles. The Hall–Kier alpha value is -1.89. The fourth-order valence-electron chi connectivity index (χ4n) is 2.65. The predicted octanol–water partition coefficient (Wildman–Crippen LogP) is 0.302. The maximum atomic E-state index is 12.2. The van der Waals surface area contributed by atoms with Gasteiger partial charge in [0.25, 0.3) is 5.91 Å². The lowest BCUT2D eigenvalue weighted by Crippen LogP contribution is -2.47. The average molecular weight is 307 g/mol. The number of likely N-dealkylation sites (tertiary alicyclic amines) is 1. The molecular formula is C15H25N5O2. The number of nitrogens with zero attached hydrogens (tertiary/aromatic N) is 2. The van der Waals surface area contributed by atoms with Gasteiger partial charge in [0.2, 0.25) is 5.91 Å². The lowest BCUT2D eigenvalue weighted by molar-refractivity contribution is -0.122. The van der Waals surface area contributed by atoms with Gasteiger partial charge in [-0.05, 0) is 25.3 Å². The highest BCUT2D eigenvalue weighted by atomic mass is 16.2. The van der Waals surface area contributed by atoms with Gasteiger partial charge in [-0.1, -0.05) is 13.3 Å². The van der Waals surface area contributed by atoms with Gasteiger partial charge in [0, 0.05) is 31.9 Å². The highest BCUT2D eigenvalue weighted by Gasteiger charge is 2.23. The van der Waals surface area contributed by atoms with Crippen LogP contribution in [0.25, 0.3) is 0 Å². The van der Waals surface area contributed by atoms with E-state index in [1.54, 1.807) is 7.05 Å². The topological polar surface area (TPSA) is 90.1 Å². The quantitative estimate of drug-likeness (QED) is 0.705. The first-order chi connectivity index (χ1) is 10.6. The van der Waals surface area contributed by atoms with E-state index in [2.05, 4.69) is 32.7 Å². The molecule has 0 aromatic carbocycles. The summed E-state index contributed by atoms with van der Waals surface area (Å²) in [4.78, 5) is 25.6. The number of piperidine rings is 1. The summed E-state index contributed by atoms with van der Waals surface area (Å²) in [6, 6.07) is 1.97. The second-order valence-electron chi connectivity index (χ2n) is 5.73. The van der Waals surface area contributed by atoms with Crippen molar-refractivity contribution in [3.8, 4) is 0 Å². The molecule has 0 radical (unpaired) electrons. The number of nitrogens with one attached hydrogen (secondary N) is 3. The predicted molar refractivity (Wildman–Crippen MR) is 83.6 cm³/mol. The van der Waals surface area contributed by atoms with Gasteiger partial charge in [0.1, 0.15) is 5.69 Å². The van der Waals surface area contributed by atoms with E-state index in [0.29, 0.717) is 12.2 Å². The number of likely N-dealkylation sites (N-methyl/N-ethyl adjacent to an activating group) is 1. The highest BCUT2D eigenvalue weighted by Crippen LogP contribution is 2.11. The molecule has 7 nitrogen and oxygen atoms in total. The maximum absolute atomic E-state index is 12.2. The number of aryl methyl sites for hydroxylation is 1. The van der Waals surface area contributed by atoms with Gasteiger partial charge < -0.3 is 10.6 Å². The molecule has 0 bridgehead atoms. The van der Waals surface area contributed by atoms with Crippen LogP contribution < -0.4 is 10.6 Å². The van der Waals surface area contributed by atoms with Crippen LogP contribution in [0.5, 0.6) is 0 Å². The lowest BCUT2D eigenvalue weighted by atomic mass is 10.0. The Labute approximate surface area is 130 Å². The second-order valence-corrected chi connectivity index (χ2v) is 5.73. The monoisotopic (exact) mass is 307 g/mol. The molecular weight excluding hydrogens is 282 g/mol. The normalized spacial score (nSPS) is 16.5. The Morgan fingerprint density at radius 2 is 2.14 bits per heavy atom. The molecule has 2 amide bonds. The van der Waals surface area contributed by atoms with E-state index < -0.39 is 0 Å². The van der Waals surface area contributed by atoms with Crippen LogP contribution in [-0.4, -0.2) is 59.6 Å². The summed E-state index contributed by atoms with van der Waals surface area (Å²) in [5.74, 6) is -0.0918. The van der Waals surface area contributed by atoms with Crippen LogP contribution in [0, 0.1) is 0 Å². The smallest absolute Gasteiger partial charge is 0.271 e. The van der Waals surface area contributed by atoms with Crippen molar-refractivity contribution in [2.24, 2.45) is 0 Å². The Kier molecular flexibility index (Phi) is 5.94. The van der Waals surface area contributed by atoms with E-state index in [0.717, 1.165) is 44.5 Å². The van der Waals surface area contributed by atoms with Crippen LogP contribution in [0.15, 0.2) is 6.07 Å². The Balaban J connectivity index is 1.77. The first-order valence-corrected chi connectivity index (χ1v) is 7.90. The molecule has 3 N–H and O–H groups in total. The maximum Gasteiger partial charge on any atom is 0.271 e. The summed E-state index contributed by atoms with van der Waals surface area (Å²) in [6.45, 7) is 4.16. The van der Waals surface area contributed by atoms with Gasteiger partial charge in [-0.3, -0.25) is 19.6 Å². The third kappa shape index (κ3) is 4.56. The summed E-state index contributed by atoms with van der Waals surface area (Å²) in [6.07, 6.45) is 3.63. The van der Waals surface area contributed by atoms with Crippen molar-refractivity contribution in [3.63, 3.8) is 0 Å². The van der Waals surface area contributed by atoms with E-state index in [-0.39, 0.29) is 17.9 Å². The fourth-order valence-corrected chi connectivity index (χ4v) is 2.65. The number of hydrogen-bond acceptors (Lipinski definition) is 4. The molecule has 0 atom stereocenters. The van der Waals surface area contributed by atoms with Gasteiger partial charge in [-0.25, -0.2) is 0 Å². The molecule has 0 spiro atoms. The zero-order valence-electron chi connectivity index (χ0n) is 13.3. The van der Waals surface area contributed by atoms with Gasteiger partial charge in [0.05, 0.1) is 6.54 Å². The third-order valence-electron chi connectivity index (χ3n) is 3.95. The molecule has 1 aliphatic heterocycles. The molecule has 2 rings (SSSR count). The minimum atomic E-state index is -0.122.